The molecule has 8 nitrogen and oxygen atoms in total. The van der Waals surface area contributed by atoms with E-state index in [0.717, 1.165) is 5.56 Å². The zero-order valence-electron chi connectivity index (χ0n) is 15.0. The Hall–Kier alpha value is -3.11. The highest BCUT2D eigenvalue weighted by Crippen LogP contribution is 2.29. The predicted octanol–water partition coefficient (Wildman–Crippen LogP) is 3.71. The number of thiazole rings is 1. The number of alkyl carbamates (subject to hydrolysis) is 1. The van der Waals surface area contributed by atoms with Crippen molar-refractivity contribution < 1.29 is 19.1 Å². The van der Waals surface area contributed by atoms with Crippen LogP contribution in [-0.4, -0.2) is 34.5 Å². The first kappa shape index (κ1) is 19.6. The zero-order valence-corrected chi connectivity index (χ0v) is 16.6. The Kier molecular flexibility index (Phi) is 6.12. The molecule has 0 radical (unpaired) electrons. The number of thiophene rings is 1. The quantitative estimate of drug-likeness (QED) is 0.656. The Bertz CT molecular complexity index is 1010. The predicted molar refractivity (Wildman–Crippen MR) is 107 cm³/mol. The summed E-state index contributed by atoms with van der Waals surface area (Å²) in [6.45, 7) is 3.54. The third-order valence-electron chi connectivity index (χ3n) is 3.56. The number of imide groups is 1. The summed E-state index contributed by atoms with van der Waals surface area (Å²) in [6, 6.07) is 5.16. The summed E-state index contributed by atoms with van der Waals surface area (Å²) in [5, 5.41) is 7.53. The Labute approximate surface area is 168 Å². The van der Waals surface area contributed by atoms with Gasteiger partial charge in [-0.25, -0.2) is 9.78 Å². The summed E-state index contributed by atoms with van der Waals surface area (Å²) in [5.74, 6) is -1.02. The minimum Gasteiger partial charge on any atom is -0.450 e. The molecule has 0 fully saturated rings. The molecule has 3 aromatic rings. The van der Waals surface area contributed by atoms with Crippen molar-refractivity contribution >= 4 is 45.6 Å². The number of nitrogens with zero attached hydrogens (tertiary/aromatic N) is 2. The van der Waals surface area contributed by atoms with Gasteiger partial charge in [0.05, 0.1) is 17.9 Å². The van der Waals surface area contributed by atoms with Gasteiger partial charge in [-0.15, -0.1) is 22.7 Å². The lowest BCUT2D eigenvalue weighted by molar-refractivity contribution is 0.0926. The van der Waals surface area contributed by atoms with Gasteiger partial charge < -0.3 is 10.1 Å². The van der Waals surface area contributed by atoms with E-state index < -0.39 is 12.0 Å². The van der Waals surface area contributed by atoms with Crippen LogP contribution in [0.3, 0.4) is 0 Å². The molecule has 3 amide bonds. The number of nitrogens with one attached hydrogen (secondary N) is 2. The SMILES string of the molecule is CCOC(=O)NC(=O)c1ccsc1NC(=O)c1sc(-c2ccncc2)nc1C. The van der Waals surface area contributed by atoms with Gasteiger partial charge >= 0.3 is 6.09 Å². The Morgan fingerprint density at radius 1 is 1.14 bits per heavy atom. The highest BCUT2D eigenvalue weighted by atomic mass is 32.1. The lowest BCUT2D eigenvalue weighted by atomic mass is 10.3. The van der Waals surface area contributed by atoms with Crippen LogP contribution in [0.1, 0.15) is 32.6 Å². The van der Waals surface area contributed by atoms with Crippen molar-refractivity contribution in [3.05, 3.63) is 52.1 Å². The number of rotatable bonds is 5. The van der Waals surface area contributed by atoms with Crippen LogP contribution >= 0.6 is 22.7 Å². The smallest absolute Gasteiger partial charge is 0.414 e. The van der Waals surface area contributed by atoms with Crippen LogP contribution < -0.4 is 10.6 Å². The fraction of sp³-hybridized carbons (Fsp3) is 0.167. The van der Waals surface area contributed by atoms with Gasteiger partial charge in [0, 0.05) is 18.0 Å². The van der Waals surface area contributed by atoms with Crippen molar-refractivity contribution in [3.8, 4) is 10.6 Å². The van der Waals surface area contributed by atoms with Crippen LogP contribution in [0, 0.1) is 6.92 Å². The third-order valence-corrected chi connectivity index (χ3v) is 5.59. The van der Waals surface area contributed by atoms with E-state index in [2.05, 4.69) is 20.6 Å². The molecule has 0 saturated heterocycles. The molecule has 0 spiro atoms. The Morgan fingerprint density at radius 3 is 2.61 bits per heavy atom. The van der Waals surface area contributed by atoms with Gasteiger partial charge in [-0.05, 0) is 37.4 Å². The molecule has 0 bridgehead atoms. The summed E-state index contributed by atoms with van der Waals surface area (Å²) >= 11 is 2.43. The van der Waals surface area contributed by atoms with Gasteiger partial charge in [0.25, 0.3) is 11.8 Å². The highest BCUT2D eigenvalue weighted by molar-refractivity contribution is 7.17. The summed E-state index contributed by atoms with van der Waals surface area (Å²) in [4.78, 5) is 45.2. The maximum absolute atomic E-state index is 12.7. The molecule has 0 aliphatic heterocycles. The lowest BCUT2D eigenvalue weighted by Gasteiger charge is -2.06. The van der Waals surface area contributed by atoms with Crippen LogP contribution in [0.2, 0.25) is 0 Å². The molecule has 0 saturated carbocycles. The molecule has 10 heteroatoms. The maximum atomic E-state index is 12.7. The van der Waals surface area contributed by atoms with Gasteiger partial charge in [0.1, 0.15) is 14.9 Å². The molecule has 3 rings (SSSR count). The molecule has 3 heterocycles. The van der Waals surface area contributed by atoms with Crippen molar-refractivity contribution in [2.24, 2.45) is 0 Å². The van der Waals surface area contributed by atoms with Crippen LogP contribution in [0.25, 0.3) is 10.6 Å². The number of amides is 3. The van der Waals surface area contributed by atoms with Gasteiger partial charge in [-0.3, -0.25) is 19.9 Å². The first-order valence-electron chi connectivity index (χ1n) is 8.24. The first-order valence-corrected chi connectivity index (χ1v) is 9.94. The normalized spacial score (nSPS) is 10.4. The van der Waals surface area contributed by atoms with Crippen molar-refractivity contribution in [2.45, 2.75) is 13.8 Å². The highest BCUT2D eigenvalue weighted by Gasteiger charge is 2.21. The van der Waals surface area contributed by atoms with Crippen LogP contribution in [0.15, 0.2) is 36.0 Å². The van der Waals surface area contributed by atoms with E-state index in [9.17, 15) is 14.4 Å². The molecule has 3 aromatic heterocycles. The molecule has 0 atom stereocenters. The number of anilines is 1. The summed E-state index contributed by atoms with van der Waals surface area (Å²) in [7, 11) is 0. The minimum absolute atomic E-state index is 0.150. The summed E-state index contributed by atoms with van der Waals surface area (Å²) in [5.41, 5.74) is 1.64. The number of aromatic nitrogens is 2. The van der Waals surface area contributed by atoms with E-state index in [-0.39, 0.29) is 18.1 Å². The molecule has 0 aliphatic carbocycles. The minimum atomic E-state index is -0.837. The van der Waals surface area contributed by atoms with Crippen LogP contribution in [0.5, 0.6) is 0 Å². The number of hydrogen-bond acceptors (Lipinski definition) is 8. The average Bonchev–Trinajstić information content (AvgIpc) is 3.29. The number of carbonyl (C=O) groups is 3. The van der Waals surface area contributed by atoms with E-state index in [4.69, 9.17) is 4.74 Å². The van der Waals surface area contributed by atoms with Gasteiger partial charge in [0.15, 0.2) is 0 Å². The summed E-state index contributed by atoms with van der Waals surface area (Å²) < 4.78 is 4.70. The largest absolute Gasteiger partial charge is 0.450 e. The van der Waals surface area contributed by atoms with Gasteiger partial charge in [-0.1, -0.05) is 0 Å². The van der Waals surface area contributed by atoms with E-state index >= 15 is 0 Å². The Balaban J connectivity index is 1.76. The zero-order chi connectivity index (χ0) is 20.1. The number of aryl methyl sites for hydroxylation is 1. The molecule has 144 valence electrons. The topological polar surface area (TPSA) is 110 Å². The van der Waals surface area contributed by atoms with Crippen LogP contribution in [-0.2, 0) is 4.74 Å². The fourth-order valence-corrected chi connectivity index (χ4v) is 4.04. The standard InChI is InChI=1S/C18H16N4O4S2/c1-3-26-18(25)22-14(23)12-6-9-27-17(12)21-15(24)13-10(2)20-16(28-13)11-4-7-19-8-5-11/h4-9H,3H2,1-2H3,(H,21,24)(H,22,23,25). The molecule has 28 heavy (non-hydrogen) atoms. The van der Waals surface area contributed by atoms with E-state index in [1.54, 1.807) is 31.6 Å². The molecule has 0 unspecified atom stereocenters. The van der Waals surface area contributed by atoms with Crippen molar-refractivity contribution in [2.75, 3.05) is 11.9 Å². The van der Waals surface area contributed by atoms with Gasteiger partial charge in [0.2, 0.25) is 0 Å². The average molecular weight is 416 g/mol. The molecular weight excluding hydrogens is 400 g/mol. The Morgan fingerprint density at radius 2 is 1.89 bits per heavy atom. The van der Waals surface area contributed by atoms with Crippen LogP contribution in [0.4, 0.5) is 9.80 Å². The third kappa shape index (κ3) is 4.41. The molecule has 0 aliphatic rings. The van der Waals surface area contributed by atoms with E-state index in [1.807, 2.05) is 12.1 Å². The van der Waals surface area contributed by atoms with Gasteiger partial charge in [-0.2, -0.15) is 0 Å². The van der Waals surface area contributed by atoms with Crippen molar-refractivity contribution in [1.29, 1.82) is 0 Å². The van der Waals surface area contributed by atoms with Crippen molar-refractivity contribution in [1.82, 2.24) is 15.3 Å². The number of hydrogen-bond donors (Lipinski definition) is 2. The second-order valence-electron chi connectivity index (χ2n) is 5.46. The van der Waals surface area contributed by atoms with Crippen molar-refractivity contribution in [3.63, 3.8) is 0 Å². The molecule has 0 aromatic carbocycles. The second-order valence-corrected chi connectivity index (χ2v) is 7.38. The number of carbonyl (C=O) groups excluding carboxylic acids is 3. The first-order chi connectivity index (χ1) is 13.5. The summed E-state index contributed by atoms with van der Waals surface area (Å²) in [6.07, 6.45) is 2.48. The maximum Gasteiger partial charge on any atom is 0.414 e. The number of ether oxygens (including phenoxy) is 1. The van der Waals surface area contributed by atoms with E-state index in [1.165, 1.54) is 28.7 Å². The lowest BCUT2D eigenvalue weighted by Crippen LogP contribution is -2.31. The monoisotopic (exact) mass is 416 g/mol. The number of pyridine rings is 1. The molecular formula is C18H16N4O4S2. The fourth-order valence-electron chi connectivity index (χ4n) is 2.30. The molecule has 2 N–H and O–H groups in total. The van der Waals surface area contributed by atoms with E-state index in [0.29, 0.717) is 20.6 Å². The second kappa shape index (κ2) is 8.72.